The van der Waals surface area contributed by atoms with Gasteiger partial charge in [-0.1, -0.05) is 17.7 Å². The maximum atomic E-state index is 12.7. The SMILES string of the molecule is O=C(c1cccnc1Cl)N1CCN(c2nc3nccc(-c4cccs4)n3n2)CC1. The number of fused-ring (bicyclic) bond motifs is 1. The predicted octanol–water partition coefficient (Wildman–Crippen LogP) is 2.86. The third-order valence-electron chi connectivity index (χ3n) is 4.84. The van der Waals surface area contributed by atoms with E-state index < -0.39 is 0 Å². The summed E-state index contributed by atoms with van der Waals surface area (Å²) >= 11 is 7.72. The molecule has 8 nitrogen and oxygen atoms in total. The van der Waals surface area contributed by atoms with Crippen LogP contribution in [0.15, 0.2) is 48.1 Å². The lowest BCUT2D eigenvalue weighted by Crippen LogP contribution is -2.49. The molecule has 1 aliphatic heterocycles. The minimum atomic E-state index is -0.104. The lowest BCUT2D eigenvalue weighted by atomic mass is 10.2. The Balaban J connectivity index is 1.35. The molecule has 0 saturated carbocycles. The number of hydrogen-bond acceptors (Lipinski definition) is 7. The number of carbonyl (C=O) groups is 1. The zero-order valence-electron chi connectivity index (χ0n) is 15.3. The summed E-state index contributed by atoms with van der Waals surface area (Å²) in [7, 11) is 0. The molecule has 0 aromatic carbocycles. The number of nitrogens with zero attached hydrogens (tertiary/aromatic N) is 7. The van der Waals surface area contributed by atoms with E-state index in [0.29, 0.717) is 43.5 Å². The maximum absolute atomic E-state index is 12.7. The topological polar surface area (TPSA) is 79.5 Å². The number of piperazine rings is 1. The van der Waals surface area contributed by atoms with Crippen LogP contribution in [0.3, 0.4) is 0 Å². The monoisotopic (exact) mass is 425 g/mol. The molecule has 5 rings (SSSR count). The van der Waals surface area contributed by atoms with Crippen LogP contribution in [0.5, 0.6) is 0 Å². The number of hydrogen-bond donors (Lipinski definition) is 0. The Hall–Kier alpha value is -3.04. The highest BCUT2D eigenvalue weighted by atomic mass is 35.5. The molecule has 0 atom stereocenters. The van der Waals surface area contributed by atoms with Gasteiger partial charge in [0.05, 0.1) is 16.1 Å². The summed E-state index contributed by atoms with van der Waals surface area (Å²) in [6, 6.07) is 9.41. The van der Waals surface area contributed by atoms with E-state index in [1.165, 1.54) is 0 Å². The van der Waals surface area contributed by atoms with Crippen LogP contribution in [0.2, 0.25) is 5.15 Å². The lowest BCUT2D eigenvalue weighted by molar-refractivity contribution is 0.0746. The number of thiophene rings is 1. The second kappa shape index (κ2) is 7.41. The average molecular weight is 426 g/mol. The van der Waals surface area contributed by atoms with Crippen molar-refractivity contribution < 1.29 is 4.79 Å². The van der Waals surface area contributed by atoms with Crippen molar-refractivity contribution in [2.75, 3.05) is 31.1 Å². The van der Waals surface area contributed by atoms with Gasteiger partial charge in [-0.15, -0.1) is 16.4 Å². The third kappa shape index (κ3) is 3.32. The Morgan fingerprint density at radius 2 is 1.90 bits per heavy atom. The number of anilines is 1. The van der Waals surface area contributed by atoms with E-state index in [1.54, 1.807) is 45.3 Å². The highest BCUT2D eigenvalue weighted by molar-refractivity contribution is 7.13. The molecule has 0 spiro atoms. The van der Waals surface area contributed by atoms with Gasteiger partial charge in [0.25, 0.3) is 11.7 Å². The normalized spacial score (nSPS) is 14.5. The molecule has 5 heterocycles. The van der Waals surface area contributed by atoms with E-state index in [4.69, 9.17) is 11.6 Å². The van der Waals surface area contributed by atoms with Crippen molar-refractivity contribution in [1.82, 2.24) is 29.5 Å². The molecule has 0 aliphatic carbocycles. The Labute approximate surface area is 175 Å². The first-order chi connectivity index (χ1) is 14.2. The minimum Gasteiger partial charge on any atom is -0.336 e. The molecule has 0 radical (unpaired) electrons. The number of aromatic nitrogens is 5. The molecule has 1 amide bonds. The van der Waals surface area contributed by atoms with Crippen LogP contribution in [0, 0.1) is 0 Å². The summed E-state index contributed by atoms with van der Waals surface area (Å²) in [4.78, 5) is 30.6. The van der Waals surface area contributed by atoms with Crippen molar-refractivity contribution in [3.05, 3.63) is 58.8 Å². The van der Waals surface area contributed by atoms with Gasteiger partial charge in [0.2, 0.25) is 5.95 Å². The van der Waals surface area contributed by atoms with Crippen molar-refractivity contribution in [2.24, 2.45) is 0 Å². The largest absolute Gasteiger partial charge is 0.336 e. The van der Waals surface area contributed by atoms with Crippen LogP contribution < -0.4 is 4.90 Å². The number of pyridine rings is 1. The fraction of sp³-hybridized carbons (Fsp3) is 0.211. The molecular weight excluding hydrogens is 410 g/mol. The summed E-state index contributed by atoms with van der Waals surface area (Å²) in [6.45, 7) is 2.39. The maximum Gasteiger partial charge on any atom is 0.257 e. The highest BCUT2D eigenvalue weighted by Gasteiger charge is 2.26. The van der Waals surface area contributed by atoms with Crippen LogP contribution >= 0.6 is 22.9 Å². The van der Waals surface area contributed by atoms with Crippen LogP contribution in [0.25, 0.3) is 16.3 Å². The van der Waals surface area contributed by atoms with Crippen LogP contribution in [0.1, 0.15) is 10.4 Å². The van der Waals surface area contributed by atoms with Gasteiger partial charge in [0, 0.05) is 38.6 Å². The van der Waals surface area contributed by atoms with Crippen molar-refractivity contribution in [3.63, 3.8) is 0 Å². The summed E-state index contributed by atoms with van der Waals surface area (Å²) in [5.41, 5.74) is 1.39. The fourth-order valence-corrected chi connectivity index (χ4v) is 4.29. The Morgan fingerprint density at radius 3 is 2.66 bits per heavy atom. The van der Waals surface area contributed by atoms with Crippen LogP contribution in [-0.2, 0) is 0 Å². The van der Waals surface area contributed by atoms with E-state index in [9.17, 15) is 4.79 Å². The second-order valence-corrected chi connectivity index (χ2v) is 7.86. The van der Waals surface area contributed by atoms with E-state index in [1.807, 2.05) is 17.5 Å². The smallest absolute Gasteiger partial charge is 0.257 e. The third-order valence-corrected chi connectivity index (χ3v) is 6.04. The molecule has 146 valence electrons. The standard InChI is InChI=1S/C19H16ClN7OS/c20-16-13(3-1-6-21-16)17(28)25-8-10-26(11-9-25)19-23-18-22-7-5-14(27(18)24-19)15-4-2-12-29-15/h1-7,12H,8-11H2. The highest BCUT2D eigenvalue weighted by Crippen LogP contribution is 2.25. The summed E-state index contributed by atoms with van der Waals surface area (Å²) in [5, 5.41) is 6.94. The van der Waals surface area contributed by atoms with Gasteiger partial charge in [-0.25, -0.2) is 9.97 Å². The van der Waals surface area contributed by atoms with Crippen molar-refractivity contribution in [2.45, 2.75) is 0 Å². The summed E-state index contributed by atoms with van der Waals surface area (Å²) < 4.78 is 1.77. The number of amides is 1. The zero-order chi connectivity index (χ0) is 19.8. The Morgan fingerprint density at radius 1 is 1.03 bits per heavy atom. The number of carbonyl (C=O) groups excluding carboxylic acids is 1. The van der Waals surface area contributed by atoms with Crippen molar-refractivity contribution in [1.29, 1.82) is 0 Å². The Bertz CT molecular complexity index is 1170. The van der Waals surface area contributed by atoms with E-state index in [-0.39, 0.29) is 11.1 Å². The number of halogens is 1. The van der Waals surface area contributed by atoms with E-state index >= 15 is 0 Å². The van der Waals surface area contributed by atoms with Gasteiger partial charge in [0.1, 0.15) is 5.15 Å². The van der Waals surface area contributed by atoms with Crippen molar-refractivity contribution in [3.8, 4) is 10.6 Å². The average Bonchev–Trinajstić information content (AvgIpc) is 3.43. The predicted molar refractivity (Wildman–Crippen MR) is 111 cm³/mol. The minimum absolute atomic E-state index is 0.104. The first kappa shape index (κ1) is 18.0. The molecule has 4 aromatic heterocycles. The second-order valence-electron chi connectivity index (χ2n) is 6.55. The molecule has 1 saturated heterocycles. The molecule has 0 bridgehead atoms. The van der Waals surface area contributed by atoms with Gasteiger partial charge in [0.15, 0.2) is 0 Å². The molecule has 4 aromatic rings. The molecular formula is C19H16ClN7OS. The molecule has 0 unspecified atom stereocenters. The first-order valence-corrected chi connectivity index (χ1v) is 10.4. The molecule has 1 fully saturated rings. The molecule has 1 aliphatic rings. The first-order valence-electron chi connectivity index (χ1n) is 9.11. The van der Waals surface area contributed by atoms with Crippen LogP contribution in [-0.4, -0.2) is 61.6 Å². The van der Waals surface area contributed by atoms with E-state index in [0.717, 1.165) is 10.6 Å². The van der Waals surface area contributed by atoms with Gasteiger partial charge < -0.3 is 9.80 Å². The Kier molecular flexibility index (Phi) is 4.61. The van der Waals surface area contributed by atoms with E-state index in [2.05, 4.69) is 31.0 Å². The quantitative estimate of drug-likeness (QED) is 0.469. The van der Waals surface area contributed by atoms with Gasteiger partial charge in [-0.05, 0) is 29.6 Å². The lowest BCUT2D eigenvalue weighted by Gasteiger charge is -2.34. The molecule has 10 heteroatoms. The van der Waals surface area contributed by atoms with Gasteiger partial charge >= 0.3 is 0 Å². The van der Waals surface area contributed by atoms with Crippen LogP contribution in [0.4, 0.5) is 5.95 Å². The fourth-order valence-electron chi connectivity index (χ4n) is 3.35. The molecule has 0 N–H and O–H groups in total. The van der Waals surface area contributed by atoms with Gasteiger partial charge in [-0.3, -0.25) is 4.79 Å². The summed E-state index contributed by atoms with van der Waals surface area (Å²) in [5.74, 6) is 1.08. The van der Waals surface area contributed by atoms with Crippen molar-refractivity contribution >= 4 is 40.6 Å². The molecule has 29 heavy (non-hydrogen) atoms. The number of rotatable bonds is 3. The zero-order valence-corrected chi connectivity index (χ0v) is 16.8. The van der Waals surface area contributed by atoms with Gasteiger partial charge in [-0.2, -0.15) is 9.50 Å². The summed E-state index contributed by atoms with van der Waals surface area (Å²) in [6.07, 6.45) is 3.32.